The number of amides is 1. The third kappa shape index (κ3) is 2.38. The Hall–Kier alpha value is -2.22. The van der Waals surface area contributed by atoms with Crippen molar-refractivity contribution in [2.45, 2.75) is 19.3 Å². The SMILES string of the molecule is CN(CCC#N)c1cc2c(cc1N)CCC(=O)N2. The van der Waals surface area contributed by atoms with E-state index in [2.05, 4.69) is 11.4 Å². The molecule has 0 fully saturated rings. The summed E-state index contributed by atoms with van der Waals surface area (Å²) in [6.07, 6.45) is 1.68. The number of nitriles is 1. The summed E-state index contributed by atoms with van der Waals surface area (Å²) in [5.74, 6) is 0.0397. The molecule has 2 rings (SSSR count). The van der Waals surface area contributed by atoms with E-state index in [0.717, 1.165) is 23.4 Å². The maximum Gasteiger partial charge on any atom is 0.224 e. The molecule has 0 atom stereocenters. The van der Waals surface area contributed by atoms with Crippen LogP contribution in [-0.2, 0) is 11.2 Å². The van der Waals surface area contributed by atoms with Crippen LogP contribution in [0.2, 0.25) is 0 Å². The Balaban J connectivity index is 2.29. The molecule has 5 heteroatoms. The van der Waals surface area contributed by atoms with Gasteiger partial charge in [0, 0.05) is 25.7 Å². The van der Waals surface area contributed by atoms with E-state index < -0.39 is 0 Å². The van der Waals surface area contributed by atoms with Gasteiger partial charge in [0.1, 0.15) is 0 Å². The number of hydrogen-bond acceptors (Lipinski definition) is 4. The third-order valence-corrected chi connectivity index (χ3v) is 3.12. The van der Waals surface area contributed by atoms with Gasteiger partial charge in [0.15, 0.2) is 0 Å². The van der Waals surface area contributed by atoms with Crippen LogP contribution < -0.4 is 16.0 Å². The zero-order valence-corrected chi connectivity index (χ0v) is 10.4. The number of rotatable bonds is 3. The molecule has 0 saturated heterocycles. The first-order chi connectivity index (χ1) is 8.61. The maximum atomic E-state index is 11.4. The summed E-state index contributed by atoms with van der Waals surface area (Å²) < 4.78 is 0. The van der Waals surface area contributed by atoms with E-state index in [1.807, 2.05) is 24.1 Å². The van der Waals surface area contributed by atoms with Gasteiger partial charge in [0.05, 0.1) is 23.9 Å². The summed E-state index contributed by atoms with van der Waals surface area (Å²) in [7, 11) is 1.89. The van der Waals surface area contributed by atoms with Gasteiger partial charge in [-0.15, -0.1) is 0 Å². The molecular weight excluding hydrogens is 228 g/mol. The standard InChI is InChI=1S/C13H16N4O/c1-17(6-2-5-14)12-8-11-9(7-10(12)15)3-4-13(18)16-11/h7-8H,2-4,6,15H2,1H3,(H,16,18). The molecule has 0 spiro atoms. The van der Waals surface area contributed by atoms with E-state index in [0.29, 0.717) is 25.1 Å². The lowest BCUT2D eigenvalue weighted by molar-refractivity contribution is -0.116. The van der Waals surface area contributed by atoms with Crippen molar-refractivity contribution in [3.63, 3.8) is 0 Å². The molecule has 1 amide bonds. The van der Waals surface area contributed by atoms with Crippen LogP contribution in [-0.4, -0.2) is 19.5 Å². The third-order valence-electron chi connectivity index (χ3n) is 3.12. The lowest BCUT2D eigenvalue weighted by Crippen LogP contribution is -2.23. The monoisotopic (exact) mass is 244 g/mol. The number of carbonyl (C=O) groups excluding carboxylic acids is 1. The highest BCUT2D eigenvalue weighted by Gasteiger charge is 2.17. The molecule has 1 aliphatic heterocycles. The van der Waals surface area contributed by atoms with Crippen LogP contribution in [0.1, 0.15) is 18.4 Å². The van der Waals surface area contributed by atoms with Crippen molar-refractivity contribution in [3.8, 4) is 6.07 Å². The highest BCUT2D eigenvalue weighted by atomic mass is 16.1. The first-order valence-corrected chi connectivity index (χ1v) is 5.92. The highest BCUT2D eigenvalue weighted by Crippen LogP contribution is 2.32. The number of nitrogens with two attached hydrogens (primary N) is 1. The average molecular weight is 244 g/mol. The van der Waals surface area contributed by atoms with Gasteiger partial charge < -0.3 is 16.0 Å². The fourth-order valence-electron chi connectivity index (χ4n) is 2.10. The Bertz CT molecular complexity index is 518. The number of nitrogens with zero attached hydrogens (tertiary/aromatic N) is 2. The van der Waals surface area contributed by atoms with E-state index >= 15 is 0 Å². The maximum absolute atomic E-state index is 11.4. The Kier molecular flexibility index (Phi) is 3.38. The molecule has 0 unspecified atom stereocenters. The molecule has 1 aliphatic rings. The summed E-state index contributed by atoms with van der Waals surface area (Å²) in [5, 5.41) is 11.4. The van der Waals surface area contributed by atoms with Crippen LogP contribution in [0.4, 0.5) is 17.1 Å². The lowest BCUT2D eigenvalue weighted by Gasteiger charge is -2.24. The molecule has 1 aromatic rings. The van der Waals surface area contributed by atoms with Crippen molar-refractivity contribution in [1.29, 1.82) is 5.26 Å². The van der Waals surface area contributed by atoms with Gasteiger partial charge in [-0.2, -0.15) is 5.26 Å². The molecular formula is C13H16N4O. The molecule has 0 aromatic heterocycles. The van der Waals surface area contributed by atoms with E-state index in [1.54, 1.807) is 0 Å². The van der Waals surface area contributed by atoms with Crippen molar-refractivity contribution >= 4 is 23.0 Å². The van der Waals surface area contributed by atoms with Crippen molar-refractivity contribution < 1.29 is 4.79 Å². The van der Waals surface area contributed by atoms with Gasteiger partial charge in [0.25, 0.3) is 0 Å². The number of benzene rings is 1. The Morgan fingerprint density at radius 1 is 1.50 bits per heavy atom. The Labute approximate surface area is 106 Å². The van der Waals surface area contributed by atoms with Crippen molar-refractivity contribution in [2.75, 3.05) is 29.5 Å². The smallest absolute Gasteiger partial charge is 0.224 e. The summed E-state index contributed by atoms with van der Waals surface area (Å²) >= 11 is 0. The number of nitrogen functional groups attached to an aromatic ring is 1. The number of fused-ring (bicyclic) bond motifs is 1. The Morgan fingerprint density at radius 2 is 2.28 bits per heavy atom. The van der Waals surface area contributed by atoms with Crippen molar-refractivity contribution in [3.05, 3.63) is 17.7 Å². The largest absolute Gasteiger partial charge is 0.397 e. The predicted molar refractivity (Wildman–Crippen MR) is 71.3 cm³/mol. The van der Waals surface area contributed by atoms with Gasteiger partial charge >= 0.3 is 0 Å². The van der Waals surface area contributed by atoms with E-state index in [4.69, 9.17) is 11.0 Å². The molecule has 18 heavy (non-hydrogen) atoms. The van der Waals surface area contributed by atoms with Crippen molar-refractivity contribution in [2.24, 2.45) is 0 Å². The van der Waals surface area contributed by atoms with Crippen LogP contribution in [0.25, 0.3) is 0 Å². The zero-order valence-electron chi connectivity index (χ0n) is 10.4. The minimum absolute atomic E-state index is 0.0397. The molecule has 1 heterocycles. The Morgan fingerprint density at radius 3 is 3.00 bits per heavy atom. The normalized spacial score (nSPS) is 13.4. The average Bonchev–Trinajstić information content (AvgIpc) is 2.35. The second-order valence-corrected chi connectivity index (χ2v) is 4.45. The second-order valence-electron chi connectivity index (χ2n) is 4.45. The summed E-state index contributed by atoms with van der Waals surface area (Å²) in [6.45, 7) is 0.618. The van der Waals surface area contributed by atoms with Crippen LogP contribution in [0.3, 0.4) is 0 Å². The highest BCUT2D eigenvalue weighted by molar-refractivity contribution is 5.95. The summed E-state index contributed by atoms with van der Waals surface area (Å²) in [6, 6.07) is 5.90. The minimum Gasteiger partial charge on any atom is -0.397 e. The summed E-state index contributed by atoms with van der Waals surface area (Å²) in [4.78, 5) is 13.3. The van der Waals surface area contributed by atoms with Gasteiger partial charge in [-0.05, 0) is 24.1 Å². The van der Waals surface area contributed by atoms with Crippen LogP contribution in [0, 0.1) is 11.3 Å². The fraction of sp³-hybridized carbons (Fsp3) is 0.385. The van der Waals surface area contributed by atoms with Gasteiger partial charge in [-0.25, -0.2) is 0 Å². The summed E-state index contributed by atoms with van der Waals surface area (Å²) in [5.41, 5.74) is 9.46. The first-order valence-electron chi connectivity index (χ1n) is 5.92. The number of carbonyl (C=O) groups is 1. The fourth-order valence-corrected chi connectivity index (χ4v) is 2.10. The van der Waals surface area contributed by atoms with Crippen LogP contribution in [0.5, 0.6) is 0 Å². The van der Waals surface area contributed by atoms with Crippen LogP contribution >= 0.6 is 0 Å². The lowest BCUT2D eigenvalue weighted by atomic mass is 10.0. The molecule has 94 valence electrons. The molecule has 5 nitrogen and oxygen atoms in total. The van der Waals surface area contributed by atoms with E-state index in [9.17, 15) is 4.79 Å². The molecule has 0 saturated carbocycles. The second kappa shape index (κ2) is 4.96. The molecule has 1 aromatic carbocycles. The van der Waals surface area contributed by atoms with Gasteiger partial charge in [-0.1, -0.05) is 0 Å². The van der Waals surface area contributed by atoms with Gasteiger partial charge in [0.2, 0.25) is 5.91 Å². The first kappa shape index (κ1) is 12.2. The quantitative estimate of drug-likeness (QED) is 0.789. The number of hydrogen-bond donors (Lipinski definition) is 2. The van der Waals surface area contributed by atoms with Crippen molar-refractivity contribution in [1.82, 2.24) is 0 Å². The number of nitrogens with one attached hydrogen (secondary N) is 1. The van der Waals surface area contributed by atoms with Gasteiger partial charge in [-0.3, -0.25) is 4.79 Å². The van der Waals surface area contributed by atoms with Crippen LogP contribution in [0.15, 0.2) is 12.1 Å². The minimum atomic E-state index is 0.0397. The number of aryl methyl sites for hydroxylation is 1. The topological polar surface area (TPSA) is 82.2 Å². The zero-order chi connectivity index (χ0) is 13.1. The molecule has 0 radical (unpaired) electrons. The molecule has 0 bridgehead atoms. The molecule has 0 aliphatic carbocycles. The number of anilines is 3. The van der Waals surface area contributed by atoms with E-state index in [1.165, 1.54) is 0 Å². The van der Waals surface area contributed by atoms with E-state index in [-0.39, 0.29) is 5.91 Å². The predicted octanol–water partition coefficient (Wildman–Crippen LogP) is 1.50. The molecule has 3 N–H and O–H groups in total.